The van der Waals surface area contributed by atoms with Crippen molar-refractivity contribution >= 4 is 17.4 Å². The second-order valence-corrected chi connectivity index (χ2v) is 5.74. The first kappa shape index (κ1) is 16.1. The average Bonchev–Trinajstić information content (AvgIpc) is 2.48. The van der Waals surface area contributed by atoms with Crippen molar-refractivity contribution in [3.8, 4) is 0 Å². The summed E-state index contributed by atoms with van der Waals surface area (Å²) in [6.45, 7) is -0.498. The molecule has 1 aromatic rings. The molecule has 0 spiro atoms. The Kier molecular flexibility index (Phi) is 5.14. The van der Waals surface area contributed by atoms with Crippen LogP contribution in [0.4, 0.5) is 5.69 Å². The summed E-state index contributed by atoms with van der Waals surface area (Å²) >= 11 is 1.04. The largest absolute Gasteiger partial charge is 0.394 e. The van der Waals surface area contributed by atoms with Crippen LogP contribution in [0.25, 0.3) is 0 Å². The average molecular weight is 317 g/mol. The molecule has 0 radical (unpaired) electrons. The van der Waals surface area contributed by atoms with Crippen molar-refractivity contribution in [2.45, 2.75) is 34.7 Å². The van der Waals surface area contributed by atoms with Crippen LogP contribution in [0.5, 0.6) is 0 Å². The number of nitrogens with zero attached hydrogens (tertiary/aromatic N) is 1. The number of hydrogen-bond donors (Lipinski definition) is 4. The Morgan fingerprint density at radius 3 is 2.29 bits per heavy atom. The summed E-state index contributed by atoms with van der Waals surface area (Å²) in [5.41, 5.74) is -0.963. The van der Waals surface area contributed by atoms with E-state index in [1.54, 1.807) is 0 Å². The van der Waals surface area contributed by atoms with E-state index in [-0.39, 0.29) is 5.69 Å². The van der Waals surface area contributed by atoms with E-state index in [4.69, 9.17) is 9.84 Å². The van der Waals surface area contributed by atoms with Gasteiger partial charge in [-0.05, 0) is 12.1 Å². The van der Waals surface area contributed by atoms with Gasteiger partial charge in [-0.1, -0.05) is 11.8 Å². The van der Waals surface area contributed by atoms with E-state index in [0.717, 1.165) is 11.8 Å². The van der Waals surface area contributed by atoms with Crippen LogP contribution in [0.15, 0.2) is 29.2 Å². The molecule has 116 valence electrons. The van der Waals surface area contributed by atoms with Crippen molar-refractivity contribution in [3.63, 3.8) is 0 Å². The minimum absolute atomic E-state index is 0.0619. The number of aliphatic hydroxyl groups excluding tert-OH is 4. The van der Waals surface area contributed by atoms with Crippen LogP contribution in [-0.2, 0) is 4.74 Å². The third-order valence-electron chi connectivity index (χ3n) is 3.15. The van der Waals surface area contributed by atoms with Gasteiger partial charge >= 0.3 is 0 Å². The summed E-state index contributed by atoms with van der Waals surface area (Å²) in [4.78, 5) is 10.6. The van der Waals surface area contributed by atoms with Crippen molar-refractivity contribution in [1.82, 2.24) is 0 Å². The number of aliphatic hydroxyl groups is 4. The van der Waals surface area contributed by atoms with Crippen molar-refractivity contribution in [1.29, 1.82) is 0 Å². The highest BCUT2D eigenvalue weighted by Crippen LogP contribution is 2.33. The molecule has 8 nitrogen and oxygen atoms in total. The number of nitro benzene ring substituents is 1. The number of rotatable bonds is 4. The van der Waals surface area contributed by atoms with E-state index < -0.39 is 41.4 Å². The third-order valence-corrected chi connectivity index (χ3v) is 4.31. The molecular weight excluding hydrogens is 302 g/mol. The smallest absolute Gasteiger partial charge is 0.269 e. The van der Waals surface area contributed by atoms with Crippen LogP contribution in [0.1, 0.15) is 0 Å². The van der Waals surface area contributed by atoms with Crippen molar-refractivity contribution in [2.24, 2.45) is 0 Å². The Hall–Kier alpha value is -1.23. The minimum Gasteiger partial charge on any atom is -0.394 e. The van der Waals surface area contributed by atoms with E-state index in [0.29, 0.717) is 4.90 Å². The highest BCUT2D eigenvalue weighted by Gasteiger charge is 2.43. The normalized spacial score (nSPS) is 32.9. The molecule has 0 saturated carbocycles. The predicted molar refractivity (Wildman–Crippen MR) is 72.7 cm³/mol. The monoisotopic (exact) mass is 317 g/mol. The van der Waals surface area contributed by atoms with Crippen molar-refractivity contribution < 1.29 is 30.1 Å². The molecule has 4 N–H and O–H groups in total. The molecule has 1 heterocycles. The second kappa shape index (κ2) is 6.69. The first-order chi connectivity index (χ1) is 9.93. The first-order valence-corrected chi connectivity index (χ1v) is 7.03. The molecule has 1 unspecified atom stereocenters. The van der Waals surface area contributed by atoms with Gasteiger partial charge in [0.05, 0.1) is 11.5 Å². The fraction of sp³-hybridized carbons (Fsp3) is 0.500. The molecule has 0 aliphatic carbocycles. The summed E-state index contributed by atoms with van der Waals surface area (Å²) in [5, 5.41) is 48.9. The first-order valence-electron chi connectivity index (χ1n) is 6.15. The van der Waals surface area contributed by atoms with Crippen LogP contribution in [0.3, 0.4) is 0 Å². The maximum atomic E-state index is 10.6. The Morgan fingerprint density at radius 2 is 1.76 bits per heavy atom. The molecular formula is C12H15NO7S. The van der Waals surface area contributed by atoms with E-state index in [9.17, 15) is 25.4 Å². The van der Waals surface area contributed by atoms with Crippen LogP contribution >= 0.6 is 11.8 Å². The molecule has 0 amide bonds. The van der Waals surface area contributed by atoms with Gasteiger partial charge in [-0.15, -0.1) is 0 Å². The van der Waals surface area contributed by atoms with Gasteiger partial charge in [0.15, 0.2) is 0 Å². The zero-order chi connectivity index (χ0) is 15.6. The summed E-state index contributed by atoms with van der Waals surface area (Å²) in [6.07, 6.45) is -5.16. The van der Waals surface area contributed by atoms with Gasteiger partial charge < -0.3 is 25.2 Å². The molecule has 21 heavy (non-hydrogen) atoms. The fourth-order valence-electron chi connectivity index (χ4n) is 1.95. The number of thioether (sulfide) groups is 1. The predicted octanol–water partition coefficient (Wildman–Crippen LogP) is -0.513. The van der Waals surface area contributed by atoms with E-state index in [2.05, 4.69) is 0 Å². The Balaban J connectivity index is 2.08. The van der Waals surface area contributed by atoms with Gasteiger partial charge in [-0.25, -0.2) is 0 Å². The van der Waals surface area contributed by atoms with E-state index >= 15 is 0 Å². The van der Waals surface area contributed by atoms with Crippen LogP contribution in [0.2, 0.25) is 0 Å². The molecule has 1 aliphatic rings. The lowest BCUT2D eigenvalue weighted by atomic mass is 10.0. The van der Waals surface area contributed by atoms with Gasteiger partial charge in [-0.3, -0.25) is 10.1 Å². The van der Waals surface area contributed by atoms with Crippen molar-refractivity contribution in [3.05, 3.63) is 34.4 Å². The lowest BCUT2D eigenvalue weighted by molar-refractivity contribution is -0.384. The van der Waals surface area contributed by atoms with Gasteiger partial charge in [0.25, 0.3) is 5.69 Å². The summed E-state index contributed by atoms with van der Waals surface area (Å²) in [6, 6.07) is 5.60. The zero-order valence-electron chi connectivity index (χ0n) is 10.8. The van der Waals surface area contributed by atoms with Crippen LogP contribution in [-0.4, -0.2) is 61.8 Å². The molecule has 0 bridgehead atoms. The quantitative estimate of drug-likeness (QED) is 0.431. The number of non-ortho nitro benzene ring substituents is 1. The molecule has 2 rings (SSSR count). The number of nitro groups is 1. The SMILES string of the molecule is O=[N+]([O-])c1ccc(SC2O[C@H](CO)[C@H](O)[C@H](O)[C@H]2O)cc1. The summed E-state index contributed by atoms with van der Waals surface area (Å²) < 4.78 is 5.33. The molecule has 5 atom stereocenters. The summed E-state index contributed by atoms with van der Waals surface area (Å²) in [7, 11) is 0. The highest BCUT2D eigenvalue weighted by molar-refractivity contribution is 7.99. The van der Waals surface area contributed by atoms with E-state index in [1.807, 2.05) is 0 Å². The van der Waals surface area contributed by atoms with Gasteiger partial charge in [0.1, 0.15) is 29.9 Å². The molecule has 1 fully saturated rings. The Bertz CT molecular complexity index is 495. The lowest BCUT2D eigenvalue weighted by Gasteiger charge is -2.39. The van der Waals surface area contributed by atoms with Crippen LogP contribution in [0, 0.1) is 10.1 Å². The lowest BCUT2D eigenvalue weighted by Crippen LogP contribution is -2.57. The zero-order valence-corrected chi connectivity index (χ0v) is 11.6. The standard InChI is InChI=1S/C12H15NO7S/c14-5-8-9(15)10(16)11(17)12(20-8)21-7-3-1-6(2-4-7)13(18)19/h1-4,8-12,14-17H,5H2/t8-,9+,10+,11-,12?/m1/s1. The maximum absolute atomic E-state index is 10.6. The number of hydrogen-bond acceptors (Lipinski definition) is 8. The van der Waals surface area contributed by atoms with Gasteiger partial charge in [0, 0.05) is 17.0 Å². The highest BCUT2D eigenvalue weighted by atomic mass is 32.2. The van der Waals surface area contributed by atoms with E-state index in [1.165, 1.54) is 24.3 Å². The molecule has 1 saturated heterocycles. The molecule has 0 aromatic heterocycles. The molecule has 1 aliphatic heterocycles. The van der Waals surface area contributed by atoms with Crippen molar-refractivity contribution in [2.75, 3.05) is 6.61 Å². The van der Waals surface area contributed by atoms with Gasteiger partial charge in [-0.2, -0.15) is 0 Å². The molecule has 1 aromatic carbocycles. The van der Waals surface area contributed by atoms with Crippen LogP contribution < -0.4 is 0 Å². The fourth-order valence-corrected chi connectivity index (χ4v) is 3.01. The summed E-state index contributed by atoms with van der Waals surface area (Å²) in [5.74, 6) is 0. The Morgan fingerprint density at radius 1 is 1.14 bits per heavy atom. The minimum atomic E-state index is -1.44. The number of ether oxygens (including phenoxy) is 1. The third kappa shape index (κ3) is 3.51. The molecule has 9 heteroatoms. The topological polar surface area (TPSA) is 133 Å². The number of benzene rings is 1. The Labute approximate surface area is 124 Å². The maximum Gasteiger partial charge on any atom is 0.269 e. The van der Waals surface area contributed by atoms with Gasteiger partial charge in [0.2, 0.25) is 0 Å². The second-order valence-electron chi connectivity index (χ2n) is 4.57.